The fraction of sp³-hybridized carbons (Fsp3) is 0.294. The highest BCUT2D eigenvalue weighted by Gasteiger charge is 2.50. The Kier molecular flexibility index (Phi) is 2.91. The van der Waals surface area contributed by atoms with Gasteiger partial charge in [-0.1, -0.05) is 60.2 Å². The zero-order valence-corrected chi connectivity index (χ0v) is 11.3. The molecular formula is C17H17Cl. The number of rotatable bonds is 3. The van der Waals surface area contributed by atoms with E-state index in [1.165, 1.54) is 29.5 Å². The molecule has 0 bridgehead atoms. The van der Waals surface area contributed by atoms with Gasteiger partial charge >= 0.3 is 0 Å². The molecule has 0 spiro atoms. The first kappa shape index (κ1) is 11.8. The van der Waals surface area contributed by atoms with Crippen molar-refractivity contribution in [1.82, 2.24) is 0 Å². The minimum absolute atomic E-state index is 0.0838. The Morgan fingerprint density at radius 1 is 0.944 bits per heavy atom. The van der Waals surface area contributed by atoms with Crippen LogP contribution >= 0.6 is 11.6 Å². The van der Waals surface area contributed by atoms with Gasteiger partial charge in [0, 0.05) is 5.41 Å². The largest absolute Gasteiger partial charge is 0.117 e. The second-order valence-electron chi connectivity index (χ2n) is 5.30. The van der Waals surface area contributed by atoms with E-state index in [1.807, 2.05) is 0 Å². The lowest BCUT2D eigenvalue weighted by Crippen LogP contribution is -2.13. The van der Waals surface area contributed by atoms with Gasteiger partial charge < -0.3 is 0 Å². The summed E-state index contributed by atoms with van der Waals surface area (Å²) < 4.78 is 0. The monoisotopic (exact) mass is 256 g/mol. The summed E-state index contributed by atoms with van der Waals surface area (Å²) in [6.45, 7) is 2.11. The Labute approximate surface area is 114 Å². The Bertz CT molecular complexity index is 523. The predicted molar refractivity (Wildman–Crippen MR) is 77.1 cm³/mol. The van der Waals surface area contributed by atoms with E-state index in [4.69, 9.17) is 11.6 Å². The molecule has 2 aromatic carbocycles. The van der Waals surface area contributed by atoms with Crippen LogP contribution in [0.2, 0.25) is 0 Å². The normalized spacial score (nSPS) is 18.3. The van der Waals surface area contributed by atoms with Crippen molar-refractivity contribution in [2.45, 2.75) is 30.6 Å². The molecule has 1 heteroatoms. The number of aryl methyl sites for hydroxylation is 1. The molecule has 92 valence electrons. The summed E-state index contributed by atoms with van der Waals surface area (Å²) in [5.74, 6) is 0. The van der Waals surface area contributed by atoms with Crippen LogP contribution in [0.1, 0.15) is 34.9 Å². The van der Waals surface area contributed by atoms with Gasteiger partial charge in [-0.3, -0.25) is 0 Å². The quantitative estimate of drug-likeness (QED) is 0.678. The third-order valence-electron chi connectivity index (χ3n) is 3.99. The van der Waals surface area contributed by atoms with Crippen LogP contribution in [-0.2, 0) is 5.41 Å². The van der Waals surface area contributed by atoms with Crippen LogP contribution in [0.3, 0.4) is 0 Å². The minimum Gasteiger partial charge on any atom is -0.117 e. The maximum Gasteiger partial charge on any atom is 0.0681 e. The maximum atomic E-state index is 6.75. The van der Waals surface area contributed by atoms with E-state index in [0.29, 0.717) is 0 Å². The molecule has 0 aromatic heterocycles. The van der Waals surface area contributed by atoms with Crippen molar-refractivity contribution in [2.24, 2.45) is 0 Å². The number of halogens is 1. The van der Waals surface area contributed by atoms with Gasteiger partial charge in [0.05, 0.1) is 5.38 Å². The van der Waals surface area contributed by atoms with Gasteiger partial charge in [-0.15, -0.1) is 11.6 Å². The average molecular weight is 257 g/mol. The lowest BCUT2D eigenvalue weighted by atomic mass is 9.88. The first-order valence-electron chi connectivity index (χ1n) is 6.48. The Morgan fingerprint density at radius 3 is 2.11 bits per heavy atom. The van der Waals surface area contributed by atoms with Gasteiger partial charge in [-0.2, -0.15) is 0 Å². The van der Waals surface area contributed by atoms with Crippen LogP contribution < -0.4 is 0 Å². The third kappa shape index (κ3) is 1.95. The highest BCUT2D eigenvalue weighted by molar-refractivity contribution is 6.22. The van der Waals surface area contributed by atoms with E-state index < -0.39 is 0 Å². The number of alkyl halides is 1. The van der Waals surface area contributed by atoms with Crippen LogP contribution in [0.4, 0.5) is 0 Å². The number of hydrogen-bond acceptors (Lipinski definition) is 0. The summed E-state index contributed by atoms with van der Waals surface area (Å²) in [5, 5.41) is 0.0838. The molecule has 1 unspecified atom stereocenters. The van der Waals surface area contributed by atoms with E-state index in [0.717, 1.165) is 0 Å². The van der Waals surface area contributed by atoms with E-state index >= 15 is 0 Å². The van der Waals surface area contributed by atoms with Crippen molar-refractivity contribution < 1.29 is 0 Å². The Balaban J connectivity index is 1.93. The van der Waals surface area contributed by atoms with E-state index in [2.05, 4.69) is 61.5 Å². The summed E-state index contributed by atoms with van der Waals surface area (Å²) in [7, 11) is 0. The zero-order valence-electron chi connectivity index (χ0n) is 10.6. The molecular weight excluding hydrogens is 240 g/mol. The van der Waals surface area contributed by atoms with Gasteiger partial charge in [-0.05, 0) is 30.9 Å². The molecule has 0 radical (unpaired) electrons. The Morgan fingerprint density at radius 2 is 1.56 bits per heavy atom. The number of benzene rings is 2. The van der Waals surface area contributed by atoms with Crippen molar-refractivity contribution in [3.63, 3.8) is 0 Å². The van der Waals surface area contributed by atoms with E-state index in [9.17, 15) is 0 Å². The second kappa shape index (κ2) is 4.44. The molecule has 0 heterocycles. The van der Waals surface area contributed by atoms with Gasteiger partial charge in [0.15, 0.2) is 0 Å². The SMILES string of the molecule is Cc1ccc(C(Cl)C2(c3ccccc3)CC2)cc1. The van der Waals surface area contributed by atoms with E-state index in [-0.39, 0.29) is 10.8 Å². The molecule has 1 fully saturated rings. The van der Waals surface area contributed by atoms with Crippen molar-refractivity contribution >= 4 is 11.6 Å². The highest BCUT2D eigenvalue weighted by atomic mass is 35.5. The molecule has 1 aliphatic carbocycles. The van der Waals surface area contributed by atoms with Crippen molar-refractivity contribution in [3.8, 4) is 0 Å². The molecule has 1 saturated carbocycles. The molecule has 0 saturated heterocycles. The topological polar surface area (TPSA) is 0 Å². The maximum absolute atomic E-state index is 6.75. The van der Waals surface area contributed by atoms with Gasteiger partial charge in [0.2, 0.25) is 0 Å². The molecule has 0 aliphatic heterocycles. The molecule has 1 atom stereocenters. The minimum atomic E-state index is 0.0838. The lowest BCUT2D eigenvalue weighted by molar-refractivity contribution is 0.662. The second-order valence-corrected chi connectivity index (χ2v) is 5.73. The first-order chi connectivity index (χ1) is 8.72. The standard InChI is InChI=1S/C17H17Cl/c1-13-7-9-14(10-8-13)16(18)17(11-12-17)15-5-3-2-4-6-15/h2-10,16H,11-12H2,1H3. The summed E-state index contributed by atoms with van der Waals surface area (Å²) in [6, 6.07) is 19.3. The first-order valence-corrected chi connectivity index (χ1v) is 6.92. The highest BCUT2D eigenvalue weighted by Crippen LogP contribution is 2.59. The smallest absolute Gasteiger partial charge is 0.0681 e. The van der Waals surface area contributed by atoms with Crippen molar-refractivity contribution in [2.75, 3.05) is 0 Å². The summed E-state index contributed by atoms with van der Waals surface area (Å²) >= 11 is 6.75. The van der Waals surface area contributed by atoms with Crippen LogP contribution in [0.15, 0.2) is 54.6 Å². The fourth-order valence-electron chi connectivity index (χ4n) is 2.65. The number of hydrogen-bond donors (Lipinski definition) is 0. The van der Waals surface area contributed by atoms with E-state index in [1.54, 1.807) is 0 Å². The van der Waals surface area contributed by atoms with Gasteiger partial charge in [0.1, 0.15) is 0 Å². The lowest BCUT2D eigenvalue weighted by Gasteiger charge is -2.22. The molecule has 0 amide bonds. The predicted octanol–water partition coefficient (Wildman–Crippen LogP) is 5.01. The van der Waals surface area contributed by atoms with Crippen LogP contribution in [0.5, 0.6) is 0 Å². The van der Waals surface area contributed by atoms with Crippen molar-refractivity contribution in [3.05, 3.63) is 71.3 Å². The molecule has 1 aliphatic rings. The Hall–Kier alpha value is -1.27. The molecule has 18 heavy (non-hydrogen) atoms. The summed E-state index contributed by atoms with van der Waals surface area (Å²) in [5.41, 5.74) is 4.07. The summed E-state index contributed by atoms with van der Waals surface area (Å²) in [4.78, 5) is 0. The zero-order chi connectivity index (χ0) is 12.6. The fourth-order valence-corrected chi connectivity index (χ4v) is 3.14. The van der Waals surface area contributed by atoms with Crippen LogP contribution in [0.25, 0.3) is 0 Å². The summed E-state index contributed by atoms with van der Waals surface area (Å²) in [6.07, 6.45) is 2.39. The molecule has 0 nitrogen and oxygen atoms in total. The van der Waals surface area contributed by atoms with Crippen molar-refractivity contribution in [1.29, 1.82) is 0 Å². The van der Waals surface area contributed by atoms with Gasteiger partial charge in [0.25, 0.3) is 0 Å². The molecule has 0 N–H and O–H groups in total. The van der Waals surface area contributed by atoms with Gasteiger partial charge in [-0.25, -0.2) is 0 Å². The molecule has 2 aromatic rings. The van der Waals surface area contributed by atoms with Crippen LogP contribution in [-0.4, -0.2) is 0 Å². The average Bonchev–Trinajstić information content (AvgIpc) is 3.21. The molecule has 3 rings (SSSR count). The third-order valence-corrected chi connectivity index (χ3v) is 4.66. The van der Waals surface area contributed by atoms with Crippen LogP contribution in [0, 0.1) is 6.92 Å².